The van der Waals surface area contributed by atoms with Crippen molar-refractivity contribution in [1.82, 2.24) is 10.2 Å². The Balaban J connectivity index is 1.60. The molecule has 6 nitrogen and oxygen atoms in total. The number of aryl methyl sites for hydroxylation is 1. The van der Waals surface area contributed by atoms with Crippen LogP contribution in [0, 0.1) is 12.3 Å². The second kappa shape index (κ2) is 9.24. The van der Waals surface area contributed by atoms with Gasteiger partial charge in [0.05, 0.1) is 6.61 Å². The highest BCUT2D eigenvalue weighted by Gasteiger charge is 2.44. The second-order valence-electron chi connectivity index (χ2n) is 7.68. The van der Waals surface area contributed by atoms with Gasteiger partial charge >= 0.3 is 0 Å². The third-order valence-electron chi connectivity index (χ3n) is 5.68. The van der Waals surface area contributed by atoms with Gasteiger partial charge in [0.1, 0.15) is 5.75 Å². The lowest BCUT2D eigenvalue weighted by molar-refractivity contribution is -0.134. The molecule has 0 bridgehead atoms. The molecule has 0 spiro atoms. The minimum Gasteiger partial charge on any atom is -0.484 e. The first-order chi connectivity index (χ1) is 13.5. The molecule has 1 unspecified atom stereocenters. The topological polar surface area (TPSA) is 67.9 Å². The molecule has 0 aromatic heterocycles. The number of methoxy groups -OCH3 is 1. The van der Waals surface area contributed by atoms with Crippen LogP contribution in [0.25, 0.3) is 0 Å². The first kappa shape index (κ1) is 20.4. The molecular formula is C22H30N2O4. The summed E-state index contributed by atoms with van der Waals surface area (Å²) >= 11 is 0. The van der Waals surface area contributed by atoms with Crippen molar-refractivity contribution in [2.24, 2.45) is 5.41 Å². The second-order valence-corrected chi connectivity index (χ2v) is 7.68. The van der Waals surface area contributed by atoms with E-state index in [4.69, 9.17) is 9.47 Å². The first-order valence-corrected chi connectivity index (χ1v) is 10.0. The summed E-state index contributed by atoms with van der Waals surface area (Å²) < 4.78 is 10.8. The SMILES string of the molecule is COCCN1C(=O)CCC2(CNC(=O)COc3ccc(C)cc3)CCCC=C12. The summed E-state index contributed by atoms with van der Waals surface area (Å²) in [6, 6.07) is 7.64. The highest BCUT2D eigenvalue weighted by Crippen LogP contribution is 2.46. The van der Waals surface area contributed by atoms with E-state index in [0.717, 1.165) is 36.9 Å². The average molecular weight is 386 g/mol. The molecule has 1 aromatic carbocycles. The first-order valence-electron chi connectivity index (χ1n) is 10.0. The van der Waals surface area contributed by atoms with Gasteiger partial charge in [-0.05, 0) is 44.7 Å². The molecule has 28 heavy (non-hydrogen) atoms. The normalized spacial score (nSPS) is 21.7. The summed E-state index contributed by atoms with van der Waals surface area (Å²) in [7, 11) is 1.64. The fraction of sp³-hybridized carbons (Fsp3) is 0.545. The number of nitrogens with one attached hydrogen (secondary N) is 1. The summed E-state index contributed by atoms with van der Waals surface area (Å²) in [6.45, 7) is 3.61. The number of carbonyl (C=O) groups is 2. The number of fused-ring (bicyclic) bond motifs is 1. The van der Waals surface area contributed by atoms with E-state index >= 15 is 0 Å². The van der Waals surface area contributed by atoms with Crippen molar-refractivity contribution >= 4 is 11.8 Å². The molecule has 0 saturated carbocycles. The molecule has 1 heterocycles. The van der Waals surface area contributed by atoms with Crippen LogP contribution in [0.5, 0.6) is 5.75 Å². The number of benzene rings is 1. The number of likely N-dealkylation sites (tertiary alicyclic amines) is 1. The molecule has 1 fully saturated rings. The van der Waals surface area contributed by atoms with E-state index in [2.05, 4.69) is 11.4 Å². The van der Waals surface area contributed by atoms with Crippen molar-refractivity contribution in [3.05, 3.63) is 41.6 Å². The summed E-state index contributed by atoms with van der Waals surface area (Å²) in [6.07, 6.45) is 6.49. The number of hydrogen-bond acceptors (Lipinski definition) is 4. The summed E-state index contributed by atoms with van der Waals surface area (Å²) in [5.74, 6) is 0.696. The molecule has 3 rings (SSSR count). The Labute approximate surface area is 166 Å². The standard InChI is InChI=1S/C22H30N2O4/c1-17-6-8-18(9-7-17)28-15-20(25)23-16-22-11-4-3-5-19(22)24(13-14-27-2)21(26)10-12-22/h5-9H,3-4,10-16H2,1-2H3,(H,23,25). The Kier molecular flexibility index (Phi) is 6.73. The molecule has 1 atom stereocenters. The predicted molar refractivity (Wildman–Crippen MR) is 107 cm³/mol. The van der Waals surface area contributed by atoms with Crippen molar-refractivity contribution in [1.29, 1.82) is 0 Å². The van der Waals surface area contributed by atoms with E-state index in [9.17, 15) is 9.59 Å². The van der Waals surface area contributed by atoms with Crippen LogP contribution in [0.4, 0.5) is 0 Å². The van der Waals surface area contributed by atoms with Gasteiger partial charge in [0.15, 0.2) is 6.61 Å². The van der Waals surface area contributed by atoms with Crippen molar-refractivity contribution < 1.29 is 19.1 Å². The zero-order chi connectivity index (χ0) is 20.0. The van der Waals surface area contributed by atoms with Crippen LogP contribution in [0.2, 0.25) is 0 Å². The highest BCUT2D eigenvalue weighted by atomic mass is 16.5. The van der Waals surface area contributed by atoms with Gasteiger partial charge in [-0.3, -0.25) is 9.59 Å². The number of piperidine rings is 1. The van der Waals surface area contributed by atoms with E-state index in [1.165, 1.54) is 0 Å². The van der Waals surface area contributed by atoms with Crippen LogP contribution in [-0.2, 0) is 14.3 Å². The maximum absolute atomic E-state index is 12.4. The Morgan fingerprint density at radius 3 is 2.79 bits per heavy atom. The highest BCUT2D eigenvalue weighted by molar-refractivity contribution is 5.80. The number of nitrogens with zero attached hydrogens (tertiary/aromatic N) is 1. The summed E-state index contributed by atoms with van der Waals surface area (Å²) in [5, 5.41) is 3.04. The lowest BCUT2D eigenvalue weighted by atomic mass is 9.69. The lowest BCUT2D eigenvalue weighted by Crippen LogP contribution is -2.51. The van der Waals surface area contributed by atoms with E-state index in [-0.39, 0.29) is 23.8 Å². The average Bonchev–Trinajstić information content (AvgIpc) is 2.71. The third kappa shape index (κ3) is 4.73. The quantitative estimate of drug-likeness (QED) is 0.746. The largest absolute Gasteiger partial charge is 0.484 e. The molecule has 2 amide bonds. The number of ether oxygens (including phenoxy) is 2. The molecule has 1 N–H and O–H groups in total. The molecule has 1 aromatic rings. The zero-order valence-electron chi connectivity index (χ0n) is 16.8. The zero-order valence-corrected chi connectivity index (χ0v) is 16.8. The van der Waals surface area contributed by atoms with E-state index in [0.29, 0.717) is 31.9 Å². The van der Waals surface area contributed by atoms with Crippen molar-refractivity contribution in [3.8, 4) is 5.75 Å². The van der Waals surface area contributed by atoms with Crippen LogP contribution in [-0.4, -0.2) is 50.1 Å². The minimum atomic E-state index is -0.167. The number of rotatable bonds is 8. The van der Waals surface area contributed by atoms with Gasteiger partial charge in [-0.1, -0.05) is 23.8 Å². The molecule has 152 valence electrons. The van der Waals surface area contributed by atoms with Crippen molar-refractivity contribution in [2.45, 2.75) is 39.0 Å². The lowest BCUT2D eigenvalue weighted by Gasteiger charge is -2.47. The van der Waals surface area contributed by atoms with Gasteiger partial charge in [-0.15, -0.1) is 0 Å². The van der Waals surface area contributed by atoms with Crippen LogP contribution >= 0.6 is 0 Å². The fourth-order valence-electron chi connectivity index (χ4n) is 4.09. The van der Waals surface area contributed by atoms with Crippen molar-refractivity contribution in [3.63, 3.8) is 0 Å². The maximum Gasteiger partial charge on any atom is 0.257 e. The van der Waals surface area contributed by atoms with E-state index in [1.54, 1.807) is 7.11 Å². The van der Waals surface area contributed by atoms with Gasteiger partial charge in [0, 0.05) is 37.7 Å². The van der Waals surface area contributed by atoms with Gasteiger partial charge in [0.25, 0.3) is 5.91 Å². The molecule has 2 aliphatic rings. The Hall–Kier alpha value is -2.34. The predicted octanol–water partition coefficient (Wildman–Crippen LogP) is 2.81. The van der Waals surface area contributed by atoms with Crippen LogP contribution in [0.3, 0.4) is 0 Å². The van der Waals surface area contributed by atoms with Crippen LogP contribution in [0.1, 0.15) is 37.7 Å². The van der Waals surface area contributed by atoms with Crippen LogP contribution in [0.15, 0.2) is 36.0 Å². The number of amides is 2. The number of allylic oxidation sites excluding steroid dienone is 1. The Morgan fingerprint density at radius 1 is 1.25 bits per heavy atom. The molecule has 6 heteroatoms. The number of carbonyl (C=O) groups excluding carboxylic acids is 2. The molecule has 1 aliphatic heterocycles. The summed E-state index contributed by atoms with van der Waals surface area (Å²) in [4.78, 5) is 26.7. The monoisotopic (exact) mass is 386 g/mol. The van der Waals surface area contributed by atoms with Gasteiger partial charge in [0.2, 0.25) is 5.91 Å². The van der Waals surface area contributed by atoms with Gasteiger partial charge in [-0.25, -0.2) is 0 Å². The van der Waals surface area contributed by atoms with Gasteiger partial charge < -0.3 is 19.7 Å². The maximum atomic E-state index is 12.4. The summed E-state index contributed by atoms with van der Waals surface area (Å²) in [5.41, 5.74) is 2.04. The number of hydrogen-bond donors (Lipinski definition) is 1. The fourth-order valence-corrected chi connectivity index (χ4v) is 4.09. The molecule has 1 aliphatic carbocycles. The molecule has 1 saturated heterocycles. The van der Waals surface area contributed by atoms with Crippen LogP contribution < -0.4 is 10.1 Å². The smallest absolute Gasteiger partial charge is 0.257 e. The Morgan fingerprint density at radius 2 is 2.04 bits per heavy atom. The molecular weight excluding hydrogens is 356 g/mol. The minimum absolute atomic E-state index is 0.00942. The van der Waals surface area contributed by atoms with E-state index < -0.39 is 0 Å². The third-order valence-corrected chi connectivity index (χ3v) is 5.68. The Bertz CT molecular complexity index is 729. The van der Waals surface area contributed by atoms with E-state index in [1.807, 2.05) is 36.1 Å². The van der Waals surface area contributed by atoms with Crippen molar-refractivity contribution in [2.75, 3.05) is 33.4 Å². The van der Waals surface area contributed by atoms with Gasteiger partial charge in [-0.2, -0.15) is 0 Å². The molecule has 0 radical (unpaired) electrons.